The number of hydrogen-bond donors (Lipinski definition) is 1. The van der Waals surface area contributed by atoms with E-state index >= 15 is 0 Å². The van der Waals surface area contributed by atoms with Crippen LogP contribution >= 0.6 is 0 Å². The van der Waals surface area contributed by atoms with Crippen molar-refractivity contribution in [1.29, 1.82) is 0 Å². The zero-order chi connectivity index (χ0) is 27.3. The van der Waals surface area contributed by atoms with Crippen LogP contribution in [0, 0.1) is 0 Å². The van der Waals surface area contributed by atoms with Crippen LogP contribution in [0.5, 0.6) is 5.75 Å². The van der Waals surface area contributed by atoms with Crippen molar-refractivity contribution in [3.8, 4) is 5.75 Å². The van der Waals surface area contributed by atoms with Gasteiger partial charge in [0.25, 0.3) is 0 Å². The highest BCUT2D eigenvalue weighted by Crippen LogP contribution is 2.36. The van der Waals surface area contributed by atoms with Crippen LogP contribution in [0.15, 0.2) is 84.9 Å². The van der Waals surface area contributed by atoms with E-state index in [9.17, 15) is 4.79 Å². The highest BCUT2D eigenvalue weighted by Gasteiger charge is 2.22. The number of carbonyl (C=O) groups is 1. The van der Waals surface area contributed by atoms with Crippen molar-refractivity contribution >= 4 is 12.0 Å². The molecule has 0 aliphatic carbocycles. The normalized spacial score (nSPS) is 12.5. The third kappa shape index (κ3) is 9.18. The fourth-order valence-corrected chi connectivity index (χ4v) is 4.98. The van der Waals surface area contributed by atoms with Gasteiger partial charge in [-0.1, -0.05) is 78.9 Å². The fourth-order valence-electron chi connectivity index (χ4n) is 4.98. The van der Waals surface area contributed by atoms with Gasteiger partial charge in [0.1, 0.15) is 12.4 Å². The summed E-state index contributed by atoms with van der Waals surface area (Å²) in [6, 6.07) is 28.4. The molecule has 4 heteroatoms. The van der Waals surface area contributed by atoms with Gasteiger partial charge in [-0.3, -0.25) is 9.69 Å². The van der Waals surface area contributed by atoms with Gasteiger partial charge in [0.05, 0.1) is 0 Å². The van der Waals surface area contributed by atoms with Crippen LogP contribution in [-0.2, 0) is 11.4 Å². The predicted molar refractivity (Wildman–Crippen MR) is 158 cm³/mol. The summed E-state index contributed by atoms with van der Waals surface area (Å²) in [4.78, 5) is 13.4. The number of carboxylic acid groups (broad SMARTS) is 1. The maximum Gasteiger partial charge on any atom is 0.303 e. The van der Waals surface area contributed by atoms with Crippen LogP contribution in [0.3, 0.4) is 0 Å². The number of nitrogens with zero attached hydrogens (tertiary/aromatic N) is 1. The number of carboxylic acids is 1. The van der Waals surface area contributed by atoms with E-state index in [4.69, 9.17) is 9.84 Å². The van der Waals surface area contributed by atoms with E-state index in [1.807, 2.05) is 18.2 Å². The van der Waals surface area contributed by atoms with Gasteiger partial charge < -0.3 is 9.84 Å². The summed E-state index contributed by atoms with van der Waals surface area (Å²) in [6.45, 7) is 10.6. The minimum Gasteiger partial charge on any atom is -0.489 e. The zero-order valence-electron chi connectivity index (χ0n) is 23.3. The Morgan fingerprint density at radius 1 is 0.921 bits per heavy atom. The lowest BCUT2D eigenvalue weighted by atomic mass is 9.86. The summed E-state index contributed by atoms with van der Waals surface area (Å²) in [5.41, 5.74) is 4.72. The van der Waals surface area contributed by atoms with Gasteiger partial charge in [-0.25, -0.2) is 0 Å². The van der Waals surface area contributed by atoms with Crippen molar-refractivity contribution in [3.05, 3.63) is 107 Å². The van der Waals surface area contributed by atoms with Crippen molar-refractivity contribution in [2.45, 2.75) is 78.0 Å². The lowest BCUT2D eigenvalue weighted by Crippen LogP contribution is -2.38. The lowest BCUT2D eigenvalue weighted by Gasteiger charge is -2.32. The molecular formula is C34H43NO3. The molecule has 3 aromatic carbocycles. The number of aliphatic carboxylic acids is 1. The van der Waals surface area contributed by atoms with Crippen LogP contribution in [0.4, 0.5) is 0 Å². The van der Waals surface area contributed by atoms with Crippen molar-refractivity contribution in [3.63, 3.8) is 0 Å². The molecule has 0 saturated carbocycles. The topological polar surface area (TPSA) is 49.8 Å². The predicted octanol–water partition coefficient (Wildman–Crippen LogP) is 8.17. The van der Waals surface area contributed by atoms with Crippen LogP contribution in [0.25, 0.3) is 6.08 Å². The first-order valence-electron chi connectivity index (χ1n) is 13.8. The Labute approximate surface area is 229 Å². The average molecular weight is 514 g/mol. The molecule has 0 aliphatic heterocycles. The summed E-state index contributed by atoms with van der Waals surface area (Å²) >= 11 is 0. The molecule has 0 spiro atoms. The largest absolute Gasteiger partial charge is 0.489 e. The molecule has 3 rings (SSSR count). The molecule has 4 nitrogen and oxygen atoms in total. The minimum atomic E-state index is -0.747. The SMILES string of the molecule is CC(C)N(CC[C@H](c1ccccc1)c1cc(/C=C/CCCC(=O)O)ccc1OCc1ccccc1)C(C)C. The molecule has 0 saturated heterocycles. The van der Waals surface area contributed by atoms with E-state index in [-0.39, 0.29) is 12.3 Å². The number of ether oxygens (including phenoxy) is 1. The third-order valence-corrected chi connectivity index (χ3v) is 6.92. The van der Waals surface area contributed by atoms with Gasteiger partial charge in [-0.05, 0) is 82.3 Å². The van der Waals surface area contributed by atoms with Crippen molar-refractivity contribution < 1.29 is 14.6 Å². The number of unbranched alkanes of at least 4 members (excludes halogenated alkanes) is 1. The Bertz CT molecular complexity index is 1130. The first-order valence-corrected chi connectivity index (χ1v) is 13.8. The molecule has 0 bridgehead atoms. The standard InChI is InChI=1S/C34H43NO3/c1-26(2)35(27(3)4)23-22-31(30-17-11-7-12-18-30)32-24-28(14-8-6-13-19-34(36)37)20-21-33(32)38-25-29-15-9-5-10-16-29/h5,7-12,14-18,20-21,24,26-27,31H,6,13,19,22-23,25H2,1-4H3,(H,36,37)/b14-8+/t31-/m1/s1. The summed E-state index contributed by atoms with van der Waals surface area (Å²) in [7, 11) is 0. The Morgan fingerprint density at radius 3 is 2.21 bits per heavy atom. The first kappa shape index (κ1) is 29.2. The molecule has 0 heterocycles. The average Bonchev–Trinajstić information content (AvgIpc) is 2.90. The lowest BCUT2D eigenvalue weighted by molar-refractivity contribution is -0.137. The molecule has 0 aliphatic rings. The maximum absolute atomic E-state index is 10.8. The van der Waals surface area contributed by atoms with E-state index in [0.29, 0.717) is 25.1 Å². The van der Waals surface area contributed by atoms with E-state index in [1.165, 1.54) is 11.1 Å². The summed E-state index contributed by atoms with van der Waals surface area (Å²) in [5.74, 6) is 0.344. The zero-order valence-corrected chi connectivity index (χ0v) is 23.3. The molecule has 38 heavy (non-hydrogen) atoms. The molecule has 0 radical (unpaired) electrons. The van der Waals surface area contributed by atoms with E-state index < -0.39 is 5.97 Å². The molecule has 0 fully saturated rings. The Hall–Kier alpha value is -3.37. The Kier molecular flexibility index (Phi) is 11.6. The first-order chi connectivity index (χ1) is 18.3. The Balaban J connectivity index is 1.94. The quantitative estimate of drug-likeness (QED) is 0.208. The smallest absolute Gasteiger partial charge is 0.303 e. The molecule has 0 unspecified atom stereocenters. The van der Waals surface area contributed by atoms with Crippen molar-refractivity contribution in [2.75, 3.05) is 6.54 Å². The summed E-state index contributed by atoms with van der Waals surface area (Å²) in [6.07, 6.45) is 6.73. The van der Waals surface area contributed by atoms with Gasteiger partial charge in [0, 0.05) is 30.0 Å². The second kappa shape index (κ2) is 15.1. The van der Waals surface area contributed by atoms with Gasteiger partial charge >= 0.3 is 5.97 Å². The van der Waals surface area contributed by atoms with Gasteiger partial charge in [-0.15, -0.1) is 0 Å². The Morgan fingerprint density at radius 2 is 1.58 bits per heavy atom. The molecule has 1 atom stereocenters. The van der Waals surface area contributed by atoms with E-state index in [0.717, 1.165) is 36.3 Å². The van der Waals surface area contributed by atoms with Gasteiger partial charge in [0.15, 0.2) is 0 Å². The number of rotatable bonds is 15. The second-order valence-electron chi connectivity index (χ2n) is 10.4. The summed E-state index contributed by atoms with van der Waals surface area (Å²) < 4.78 is 6.45. The highest BCUT2D eigenvalue weighted by molar-refractivity contribution is 5.66. The monoisotopic (exact) mass is 513 g/mol. The number of benzene rings is 3. The molecular weight excluding hydrogens is 470 g/mol. The molecule has 0 aromatic heterocycles. The molecule has 0 amide bonds. The number of hydrogen-bond acceptors (Lipinski definition) is 3. The second-order valence-corrected chi connectivity index (χ2v) is 10.4. The number of allylic oxidation sites excluding steroid dienone is 1. The van der Waals surface area contributed by atoms with Gasteiger partial charge in [0.2, 0.25) is 0 Å². The van der Waals surface area contributed by atoms with E-state index in [2.05, 4.69) is 105 Å². The van der Waals surface area contributed by atoms with Crippen LogP contribution < -0.4 is 4.74 Å². The van der Waals surface area contributed by atoms with Crippen LogP contribution in [-0.4, -0.2) is 34.6 Å². The third-order valence-electron chi connectivity index (χ3n) is 6.92. The molecule has 202 valence electrons. The van der Waals surface area contributed by atoms with E-state index in [1.54, 1.807) is 0 Å². The van der Waals surface area contributed by atoms with Crippen molar-refractivity contribution in [2.24, 2.45) is 0 Å². The molecule has 1 N–H and O–H groups in total. The van der Waals surface area contributed by atoms with Crippen LogP contribution in [0.2, 0.25) is 0 Å². The summed E-state index contributed by atoms with van der Waals surface area (Å²) in [5, 5.41) is 8.92. The highest BCUT2D eigenvalue weighted by atomic mass is 16.5. The van der Waals surface area contributed by atoms with Gasteiger partial charge in [-0.2, -0.15) is 0 Å². The van der Waals surface area contributed by atoms with Crippen molar-refractivity contribution in [1.82, 2.24) is 4.90 Å². The minimum absolute atomic E-state index is 0.183. The maximum atomic E-state index is 10.8. The fraction of sp³-hybridized carbons (Fsp3) is 0.382. The van der Waals surface area contributed by atoms with Crippen LogP contribution in [0.1, 0.15) is 81.5 Å². The molecule has 3 aromatic rings.